The van der Waals surface area contributed by atoms with Crippen molar-refractivity contribution in [3.63, 3.8) is 0 Å². The Balaban J connectivity index is 1.93. The van der Waals surface area contributed by atoms with Crippen molar-refractivity contribution in [1.82, 2.24) is 20.4 Å². The Kier molecular flexibility index (Phi) is 3.79. The second-order valence-corrected chi connectivity index (χ2v) is 4.73. The number of nitrogens with zero attached hydrogens (tertiary/aromatic N) is 3. The lowest BCUT2D eigenvalue weighted by Crippen LogP contribution is -2.31. The third-order valence-corrected chi connectivity index (χ3v) is 2.81. The monoisotopic (exact) mass is 267 g/mol. The van der Waals surface area contributed by atoms with Crippen LogP contribution in [0, 0.1) is 0 Å². The number of likely N-dealkylation sites (tertiary alicyclic amines) is 1. The molecule has 1 unspecified atom stereocenters. The summed E-state index contributed by atoms with van der Waals surface area (Å²) in [6, 6.07) is -0.156. The SMILES string of the molecule is CC(C)NCc1nnc(NC2CC(=O)N(C)C2=O)o1. The first kappa shape index (κ1) is 13.5. The fourth-order valence-electron chi connectivity index (χ4n) is 1.69. The van der Waals surface area contributed by atoms with E-state index in [0.29, 0.717) is 18.5 Å². The van der Waals surface area contributed by atoms with E-state index < -0.39 is 6.04 Å². The molecule has 2 heterocycles. The third kappa shape index (κ3) is 3.08. The second-order valence-electron chi connectivity index (χ2n) is 4.73. The summed E-state index contributed by atoms with van der Waals surface area (Å²) >= 11 is 0. The van der Waals surface area contributed by atoms with Crippen LogP contribution in [0.15, 0.2) is 4.42 Å². The number of imide groups is 1. The molecule has 2 amide bonds. The van der Waals surface area contributed by atoms with Crippen LogP contribution in [0.2, 0.25) is 0 Å². The highest BCUT2D eigenvalue weighted by atomic mass is 16.4. The molecule has 0 radical (unpaired) electrons. The smallest absolute Gasteiger partial charge is 0.316 e. The molecule has 104 valence electrons. The van der Waals surface area contributed by atoms with E-state index in [1.54, 1.807) is 0 Å². The van der Waals surface area contributed by atoms with E-state index in [4.69, 9.17) is 4.42 Å². The van der Waals surface area contributed by atoms with Gasteiger partial charge in [-0.15, -0.1) is 5.10 Å². The first-order valence-corrected chi connectivity index (χ1v) is 6.10. The van der Waals surface area contributed by atoms with Crippen LogP contribution in [-0.2, 0) is 16.1 Å². The summed E-state index contributed by atoms with van der Waals surface area (Å²) in [6.45, 7) is 4.48. The summed E-state index contributed by atoms with van der Waals surface area (Å²) in [5, 5.41) is 13.6. The standard InChI is InChI=1S/C11H17N5O3/c1-6(2)12-5-8-14-15-11(19-8)13-7-4-9(17)16(3)10(7)18/h6-7,12H,4-5H2,1-3H3,(H,13,15). The molecule has 0 bridgehead atoms. The Hall–Kier alpha value is -1.96. The Morgan fingerprint density at radius 1 is 1.42 bits per heavy atom. The Morgan fingerprint density at radius 3 is 2.74 bits per heavy atom. The average molecular weight is 267 g/mol. The molecule has 8 nitrogen and oxygen atoms in total. The summed E-state index contributed by atoms with van der Waals surface area (Å²) in [7, 11) is 1.46. The first-order chi connectivity index (χ1) is 8.97. The summed E-state index contributed by atoms with van der Waals surface area (Å²) in [5.41, 5.74) is 0. The van der Waals surface area contributed by atoms with Crippen LogP contribution >= 0.6 is 0 Å². The molecule has 0 saturated carbocycles. The van der Waals surface area contributed by atoms with E-state index in [0.717, 1.165) is 4.90 Å². The normalized spacial score (nSPS) is 19.6. The summed E-state index contributed by atoms with van der Waals surface area (Å²) in [5.74, 6) is -0.0740. The zero-order valence-corrected chi connectivity index (χ0v) is 11.1. The lowest BCUT2D eigenvalue weighted by atomic mass is 10.2. The van der Waals surface area contributed by atoms with Gasteiger partial charge in [-0.2, -0.15) is 0 Å². The van der Waals surface area contributed by atoms with Gasteiger partial charge in [0.1, 0.15) is 6.04 Å². The maximum Gasteiger partial charge on any atom is 0.316 e. The fourth-order valence-corrected chi connectivity index (χ4v) is 1.69. The van der Waals surface area contributed by atoms with Crippen LogP contribution in [0.1, 0.15) is 26.2 Å². The Morgan fingerprint density at radius 2 is 2.16 bits per heavy atom. The topological polar surface area (TPSA) is 100 Å². The van der Waals surface area contributed by atoms with E-state index in [-0.39, 0.29) is 24.2 Å². The molecule has 19 heavy (non-hydrogen) atoms. The lowest BCUT2D eigenvalue weighted by Gasteiger charge is -2.08. The second kappa shape index (κ2) is 5.35. The molecule has 1 aliphatic heterocycles. The van der Waals surface area contributed by atoms with Gasteiger partial charge >= 0.3 is 6.01 Å². The molecular formula is C11H17N5O3. The number of carbonyl (C=O) groups excluding carboxylic acids is 2. The maximum absolute atomic E-state index is 11.7. The molecule has 2 rings (SSSR count). The minimum Gasteiger partial charge on any atom is -0.407 e. The number of hydrogen-bond acceptors (Lipinski definition) is 7. The minimum atomic E-state index is -0.621. The number of anilines is 1. The zero-order valence-electron chi connectivity index (χ0n) is 11.1. The van der Waals surface area contributed by atoms with Gasteiger partial charge in [-0.25, -0.2) is 0 Å². The minimum absolute atomic E-state index is 0.108. The molecule has 0 aliphatic carbocycles. The largest absolute Gasteiger partial charge is 0.407 e. The predicted molar refractivity (Wildman–Crippen MR) is 66.1 cm³/mol. The third-order valence-electron chi connectivity index (χ3n) is 2.81. The van der Waals surface area contributed by atoms with Crippen molar-refractivity contribution < 1.29 is 14.0 Å². The lowest BCUT2D eigenvalue weighted by molar-refractivity contribution is -0.136. The van der Waals surface area contributed by atoms with Gasteiger partial charge in [0.15, 0.2) is 0 Å². The molecule has 1 aromatic rings. The number of rotatable bonds is 5. The summed E-state index contributed by atoms with van der Waals surface area (Å²) < 4.78 is 5.34. The van der Waals surface area contributed by atoms with Gasteiger partial charge in [0, 0.05) is 13.1 Å². The highest BCUT2D eigenvalue weighted by Gasteiger charge is 2.36. The van der Waals surface area contributed by atoms with Crippen LogP contribution in [-0.4, -0.2) is 46.0 Å². The van der Waals surface area contributed by atoms with E-state index in [2.05, 4.69) is 20.8 Å². The van der Waals surface area contributed by atoms with Crippen LogP contribution in [0.5, 0.6) is 0 Å². The molecule has 2 N–H and O–H groups in total. The molecule has 1 fully saturated rings. The average Bonchev–Trinajstić information content (AvgIpc) is 2.89. The van der Waals surface area contributed by atoms with Crippen molar-refractivity contribution in [2.75, 3.05) is 12.4 Å². The summed E-state index contributed by atoms with van der Waals surface area (Å²) in [4.78, 5) is 24.1. The van der Waals surface area contributed by atoms with Gasteiger partial charge in [0.05, 0.1) is 13.0 Å². The molecule has 1 aliphatic rings. The van der Waals surface area contributed by atoms with Crippen molar-refractivity contribution in [3.8, 4) is 0 Å². The molecule has 0 spiro atoms. The van der Waals surface area contributed by atoms with Gasteiger partial charge in [-0.1, -0.05) is 18.9 Å². The van der Waals surface area contributed by atoms with Crippen molar-refractivity contribution in [2.45, 2.75) is 38.9 Å². The van der Waals surface area contributed by atoms with E-state index in [9.17, 15) is 9.59 Å². The zero-order chi connectivity index (χ0) is 14.0. The van der Waals surface area contributed by atoms with Gasteiger partial charge < -0.3 is 15.1 Å². The number of nitrogens with one attached hydrogen (secondary N) is 2. The van der Waals surface area contributed by atoms with Gasteiger partial charge in [0.2, 0.25) is 11.8 Å². The maximum atomic E-state index is 11.7. The quantitative estimate of drug-likeness (QED) is 0.709. The van der Waals surface area contributed by atoms with Crippen LogP contribution in [0.25, 0.3) is 0 Å². The van der Waals surface area contributed by atoms with E-state index >= 15 is 0 Å². The number of carbonyl (C=O) groups is 2. The predicted octanol–water partition coefficient (Wildman–Crippen LogP) is -0.263. The molecule has 1 aromatic heterocycles. The summed E-state index contributed by atoms with van der Waals surface area (Å²) in [6.07, 6.45) is 0.108. The molecule has 1 atom stereocenters. The van der Waals surface area contributed by atoms with Gasteiger partial charge in [0.25, 0.3) is 5.91 Å². The first-order valence-electron chi connectivity index (χ1n) is 6.10. The highest BCUT2D eigenvalue weighted by Crippen LogP contribution is 2.16. The number of hydrogen-bond donors (Lipinski definition) is 2. The number of amides is 2. The van der Waals surface area contributed by atoms with Crippen LogP contribution in [0.3, 0.4) is 0 Å². The van der Waals surface area contributed by atoms with Crippen molar-refractivity contribution in [1.29, 1.82) is 0 Å². The Labute approximate surface area is 110 Å². The molecule has 1 saturated heterocycles. The van der Waals surface area contributed by atoms with Gasteiger partial charge in [-0.05, 0) is 0 Å². The van der Waals surface area contributed by atoms with Crippen molar-refractivity contribution >= 4 is 17.8 Å². The van der Waals surface area contributed by atoms with E-state index in [1.165, 1.54) is 7.05 Å². The van der Waals surface area contributed by atoms with Crippen molar-refractivity contribution in [3.05, 3.63) is 5.89 Å². The van der Waals surface area contributed by atoms with Gasteiger partial charge in [-0.3, -0.25) is 14.5 Å². The number of likely N-dealkylation sites (N-methyl/N-ethyl adjacent to an activating group) is 1. The van der Waals surface area contributed by atoms with Crippen molar-refractivity contribution in [2.24, 2.45) is 0 Å². The van der Waals surface area contributed by atoms with Crippen LogP contribution in [0.4, 0.5) is 6.01 Å². The number of aromatic nitrogens is 2. The molecule has 0 aromatic carbocycles. The Bertz CT molecular complexity index is 484. The molecular weight excluding hydrogens is 250 g/mol. The fraction of sp³-hybridized carbons (Fsp3) is 0.636. The van der Waals surface area contributed by atoms with E-state index in [1.807, 2.05) is 13.8 Å². The highest BCUT2D eigenvalue weighted by molar-refractivity contribution is 6.06. The van der Waals surface area contributed by atoms with Crippen LogP contribution < -0.4 is 10.6 Å². The molecule has 8 heteroatoms.